The third-order valence-electron chi connectivity index (χ3n) is 2.89. The maximum Gasteiger partial charge on any atom is 0.134 e. The first kappa shape index (κ1) is 14.7. The maximum absolute atomic E-state index is 4.35. The van der Waals surface area contributed by atoms with E-state index in [0.717, 1.165) is 37.1 Å². The van der Waals surface area contributed by atoms with Crippen LogP contribution in [0.4, 0.5) is 11.6 Å². The SMILES string of the molecule is CCNc1ncnc(NCCCC(C)C)c1CC. The molecule has 0 aliphatic carbocycles. The Kier molecular flexibility index (Phi) is 6.47. The highest BCUT2D eigenvalue weighted by atomic mass is 15.1. The number of hydrogen-bond acceptors (Lipinski definition) is 4. The van der Waals surface area contributed by atoms with Gasteiger partial charge in [0, 0.05) is 18.7 Å². The Bertz CT molecular complexity index is 350. The number of nitrogens with one attached hydrogen (secondary N) is 2. The van der Waals surface area contributed by atoms with Crippen molar-refractivity contribution < 1.29 is 0 Å². The first-order valence-corrected chi connectivity index (χ1v) is 7.00. The molecule has 1 rings (SSSR count). The van der Waals surface area contributed by atoms with E-state index < -0.39 is 0 Å². The summed E-state index contributed by atoms with van der Waals surface area (Å²) in [6.45, 7) is 10.6. The fourth-order valence-electron chi connectivity index (χ4n) is 1.94. The second kappa shape index (κ2) is 7.90. The highest BCUT2D eigenvalue weighted by molar-refractivity contribution is 5.57. The Morgan fingerprint density at radius 2 is 1.78 bits per heavy atom. The first-order valence-electron chi connectivity index (χ1n) is 7.00. The Hall–Kier alpha value is -1.32. The average Bonchev–Trinajstić information content (AvgIpc) is 2.35. The van der Waals surface area contributed by atoms with Crippen LogP contribution in [0.3, 0.4) is 0 Å². The van der Waals surface area contributed by atoms with Crippen molar-refractivity contribution in [1.29, 1.82) is 0 Å². The molecule has 0 aliphatic heterocycles. The van der Waals surface area contributed by atoms with Crippen molar-refractivity contribution in [2.75, 3.05) is 23.7 Å². The molecule has 1 heterocycles. The van der Waals surface area contributed by atoms with E-state index in [0.29, 0.717) is 0 Å². The molecule has 0 aliphatic rings. The molecule has 0 amide bonds. The van der Waals surface area contributed by atoms with E-state index >= 15 is 0 Å². The molecule has 0 saturated carbocycles. The minimum atomic E-state index is 0.764. The predicted molar refractivity (Wildman–Crippen MR) is 78.1 cm³/mol. The summed E-state index contributed by atoms with van der Waals surface area (Å²) < 4.78 is 0. The summed E-state index contributed by atoms with van der Waals surface area (Å²) in [5.41, 5.74) is 1.18. The molecular weight excluding hydrogens is 224 g/mol. The Balaban J connectivity index is 2.61. The van der Waals surface area contributed by atoms with Crippen LogP contribution in [0.5, 0.6) is 0 Å². The minimum absolute atomic E-state index is 0.764. The van der Waals surface area contributed by atoms with E-state index in [2.05, 4.69) is 48.3 Å². The standard InChI is InChI=1S/C14H26N4/c1-5-12-13(15-6-2)17-10-18-14(12)16-9-7-8-11(3)4/h10-11H,5-9H2,1-4H3,(H2,15,16,17,18). The molecule has 0 saturated heterocycles. The lowest BCUT2D eigenvalue weighted by atomic mass is 10.1. The molecular formula is C14H26N4. The van der Waals surface area contributed by atoms with Crippen LogP contribution in [0.2, 0.25) is 0 Å². The van der Waals surface area contributed by atoms with Gasteiger partial charge in [0.2, 0.25) is 0 Å². The van der Waals surface area contributed by atoms with Crippen LogP contribution >= 0.6 is 0 Å². The van der Waals surface area contributed by atoms with E-state index in [9.17, 15) is 0 Å². The zero-order chi connectivity index (χ0) is 13.4. The monoisotopic (exact) mass is 250 g/mol. The van der Waals surface area contributed by atoms with Crippen LogP contribution in [0.15, 0.2) is 6.33 Å². The molecule has 1 aromatic rings. The summed E-state index contributed by atoms with van der Waals surface area (Å²) >= 11 is 0. The van der Waals surface area contributed by atoms with Gasteiger partial charge in [-0.1, -0.05) is 20.8 Å². The molecule has 2 N–H and O–H groups in total. The van der Waals surface area contributed by atoms with Gasteiger partial charge in [0.1, 0.15) is 18.0 Å². The highest BCUT2D eigenvalue weighted by Crippen LogP contribution is 2.20. The molecule has 0 atom stereocenters. The summed E-state index contributed by atoms with van der Waals surface area (Å²) in [5, 5.41) is 6.71. The van der Waals surface area contributed by atoms with Gasteiger partial charge in [-0.05, 0) is 32.1 Å². The van der Waals surface area contributed by atoms with E-state index in [-0.39, 0.29) is 0 Å². The lowest BCUT2D eigenvalue weighted by molar-refractivity contribution is 0.566. The molecule has 0 unspecified atom stereocenters. The smallest absolute Gasteiger partial charge is 0.134 e. The van der Waals surface area contributed by atoms with Crippen LogP contribution in [0, 0.1) is 5.92 Å². The van der Waals surface area contributed by atoms with Crippen LogP contribution in [0.25, 0.3) is 0 Å². The fourth-order valence-corrected chi connectivity index (χ4v) is 1.94. The summed E-state index contributed by atoms with van der Waals surface area (Å²) in [6, 6.07) is 0. The molecule has 18 heavy (non-hydrogen) atoms. The van der Waals surface area contributed by atoms with Gasteiger partial charge in [-0.15, -0.1) is 0 Å². The lowest BCUT2D eigenvalue weighted by Crippen LogP contribution is -2.11. The second-order valence-electron chi connectivity index (χ2n) is 4.90. The van der Waals surface area contributed by atoms with Gasteiger partial charge in [-0.2, -0.15) is 0 Å². The molecule has 4 nitrogen and oxygen atoms in total. The quantitative estimate of drug-likeness (QED) is 0.695. The van der Waals surface area contributed by atoms with Crippen molar-refractivity contribution in [3.05, 3.63) is 11.9 Å². The van der Waals surface area contributed by atoms with E-state index in [1.807, 2.05) is 0 Å². The summed E-state index contributed by atoms with van der Waals surface area (Å²) in [7, 11) is 0. The van der Waals surface area contributed by atoms with Crippen molar-refractivity contribution in [3.8, 4) is 0 Å². The van der Waals surface area contributed by atoms with Crippen molar-refractivity contribution in [2.45, 2.75) is 47.0 Å². The summed E-state index contributed by atoms with van der Waals surface area (Å²) in [6.07, 6.45) is 5.00. The number of hydrogen-bond donors (Lipinski definition) is 2. The average molecular weight is 250 g/mol. The van der Waals surface area contributed by atoms with Crippen LogP contribution in [-0.4, -0.2) is 23.1 Å². The van der Waals surface area contributed by atoms with Gasteiger partial charge in [-0.25, -0.2) is 9.97 Å². The summed E-state index contributed by atoms with van der Waals surface area (Å²) in [5.74, 6) is 2.70. The Morgan fingerprint density at radius 3 is 2.33 bits per heavy atom. The highest BCUT2D eigenvalue weighted by Gasteiger charge is 2.08. The molecule has 0 aromatic carbocycles. The zero-order valence-electron chi connectivity index (χ0n) is 12.1. The van der Waals surface area contributed by atoms with Gasteiger partial charge in [-0.3, -0.25) is 0 Å². The fraction of sp³-hybridized carbons (Fsp3) is 0.714. The van der Waals surface area contributed by atoms with Gasteiger partial charge in [0.25, 0.3) is 0 Å². The number of aromatic nitrogens is 2. The molecule has 0 radical (unpaired) electrons. The van der Waals surface area contributed by atoms with Crippen LogP contribution in [0.1, 0.15) is 46.1 Å². The van der Waals surface area contributed by atoms with Crippen molar-refractivity contribution in [2.24, 2.45) is 5.92 Å². The lowest BCUT2D eigenvalue weighted by Gasteiger charge is -2.14. The zero-order valence-corrected chi connectivity index (χ0v) is 12.1. The van der Waals surface area contributed by atoms with Gasteiger partial charge < -0.3 is 10.6 Å². The van der Waals surface area contributed by atoms with E-state index in [1.54, 1.807) is 6.33 Å². The molecule has 4 heteroatoms. The second-order valence-corrected chi connectivity index (χ2v) is 4.90. The normalized spacial score (nSPS) is 10.7. The molecule has 102 valence electrons. The minimum Gasteiger partial charge on any atom is -0.370 e. The molecule has 0 bridgehead atoms. The van der Waals surface area contributed by atoms with Gasteiger partial charge in [0.15, 0.2) is 0 Å². The van der Waals surface area contributed by atoms with Gasteiger partial charge >= 0.3 is 0 Å². The van der Waals surface area contributed by atoms with Crippen LogP contribution < -0.4 is 10.6 Å². The largest absolute Gasteiger partial charge is 0.370 e. The Labute approximate surface area is 111 Å². The van der Waals surface area contributed by atoms with Crippen molar-refractivity contribution in [3.63, 3.8) is 0 Å². The first-order chi connectivity index (χ1) is 8.69. The van der Waals surface area contributed by atoms with E-state index in [1.165, 1.54) is 18.4 Å². The maximum atomic E-state index is 4.35. The molecule has 0 fully saturated rings. The van der Waals surface area contributed by atoms with Crippen molar-refractivity contribution >= 4 is 11.6 Å². The van der Waals surface area contributed by atoms with E-state index in [4.69, 9.17) is 0 Å². The number of anilines is 2. The predicted octanol–water partition coefficient (Wildman–Crippen LogP) is 3.32. The topological polar surface area (TPSA) is 49.8 Å². The molecule has 1 aromatic heterocycles. The number of rotatable bonds is 8. The number of nitrogens with zero attached hydrogens (tertiary/aromatic N) is 2. The summed E-state index contributed by atoms with van der Waals surface area (Å²) in [4.78, 5) is 8.64. The van der Waals surface area contributed by atoms with Gasteiger partial charge in [0.05, 0.1) is 0 Å². The molecule has 0 spiro atoms. The van der Waals surface area contributed by atoms with Crippen molar-refractivity contribution in [1.82, 2.24) is 9.97 Å². The third-order valence-corrected chi connectivity index (χ3v) is 2.89. The Morgan fingerprint density at radius 1 is 1.11 bits per heavy atom. The van der Waals surface area contributed by atoms with Crippen LogP contribution in [-0.2, 0) is 6.42 Å². The third kappa shape index (κ3) is 4.51.